The molecule has 0 spiro atoms. The summed E-state index contributed by atoms with van der Waals surface area (Å²) in [5.74, 6) is 0.485. The molecule has 1 aliphatic carbocycles. The van der Waals surface area contributed by atoms with Crippen molar-refractivity contribution >= 4 is 21.6 Å². The first-order valence-corrected chi connectivity index (χ1v) is 9.21. The van der Waals surface area contributed by atoms with Gasteiger partial charge >= 0.3 is 0 Å². The molecular weight excluding hydrogens is 312 g/mol. The average molecular weight is 331 g/mol. The molecule has 0 amide bonds. The lowest BCUT2D eigenvalue weighted by atomic mass is 10.0. The minimum Gasteiger partial charge on any atom is -0.472 e. The SMILES string of the molecule is O=S(=O)(C1CCCCC1)N1CC(Oc2ccc(Cl)cn2)C1. The van der Waals surface area contributed by atoms with Gasteiger partial charge in [-0.2, -0.15) is 4.31 Å². The first-order chi connectivity index (χ1) is 10.1. The molecule has 1 saturated carbocycles. The molecule has 0 N–H and O–H groups in total. The number of hydrogen-bond acceptors (Lipinski definition) is 4. The Kier molecular flexibility index (Phi) is 4.38. The van der Waals surface area contributed by atoms with E-state index >= 15 is 0 Å². The number of nitrogens with zero attached hydrogens (tertiary/aromatic N) is 2. The minimum absolute atomic E-state index is 0.114. The number of hydrogen-bond donors (Lipinski definition) is 0. The molecule has 1 saturated heterocycles. The van der Waals surface area contributed by atoms with Crippen molar-refractivity contribution in [2.24, 2.45) is 0 Å². The number of sulfonamides is 1. The van der Waals surface area contributed by atoms with Crippen molar-refractivity contribution in [2.45, 2.75) is 43.5 Å². The lowest BCUT2D eigenvalue weighted by Crippen LogP contribution is -2.58. The smallest absolute Gasteiger partial charge is 0.217 e. The van der Waals surface area contributed by atoms with Gasteiger partial charge in [0.15, 0.2) is 0 Å². The van der Waals surface area contributed by atoms with Gasteiger partial charge in [0.05, 0.1) is 23.4 Å². The highest BCUT2D eigenvalue weighted by Gasteiger charge is 2.41. The van der Waals surface area contributed by atoms with Gasteiger partial charge in [0, 0.05) is 12.3 Å². The molecule has 2 fully saturated rings. The highest BCUT2D eigenvalue weighted by atomic mass is 35.5. The van der Waals surface area contributed by atoms with Crippen LogP contribution in [-0.2, 0) is 10.0 Å². The molecule has 0 bridgehead atoms. The summed E-state index contributed by atoms with van der Waals surface area (Å²) >= 11 is 5.76. The predicted octanol–water partition coefficient (Wildman–Crippen LogP) is 2.46. The summed E-state index contributed by atoms with van der Waals surface area (Å²) < 4.78 is 32.1. The second kappa shape index (κ2) is 6.10. The summed E-state index contributed by atoms with van der Waals surface area (Å²) in [5, 5.41) is 0.360. The second-order valence-corrected chi connectivity index (χ2v) is 8.33. The Morgan fingerprint density at radius 2 is 1.90 bits per heavy atom. The third kappa shape index (κ3) is 3.33. The zero-order valence-electron chi connectivity index (χ0n) is 11.7. The number of halogens is 1. The quantitative estimate of drug-likeness (QED) is 0.851. The fraction of sp³-hybridized carbons (Fsp3) is 0.643. The molecule has 1 aliphatic heterocycles. The van der Waals surface area contributed by atoms with Crippen molar-refractivity contribution in [3.8, 4) is 5.88 Å². The molecule has 5 nitrogen and oxygen atoms in total. The van der Waals surface area contributed by atoms with Crippen LogP contribution in [0.5, 0.6) is 5.88 Å². The summed E-state index contributed by atoms with van der Waals surface area (Å²) in [6.07, 6.45) is 6.19. The van der Waals surface area contributed by atoms with Gasteiger partial charge < -0.3 is 4.74 Å². The fourth-order valence-corrected chi connectivity index (χ4v) is 5.07. The standard InChI is InChI=1S/C14H19ClN2O3S/c15-11-6-7-14(16-8-11)20-12-9-17(10-12)21(18,19)13-4-2-1-3-5-13/h6-8,12-13H,1-5,9-10H2. The molecule has 1 aromatic rings. The van der Waals surface area contributed by atoms with Gasteiger partial charge in [-0.3, -0.25) is 0 Å². The van der Waals surface area contributed by atoms with E-state index in [9.17, 15) is 8.42 Å². The van der Waals surface area contributed by atoms with Gasteiger partial charge in [-0.05, 0) is 18.9 Å². The zero-order valence-corrected chi connectivity index (χ0v) is 13.3. The molecular formula is C14H19ClN2O3S. The summed E-state index contributed by atoms with van der Waals surface area (Å²) in [5.41, 5.74) is 0. The molecule has 2 heterocycles. The predicted molar refractivity (Wildman–Crippen MR) is 81.0 cm³/mol. The van der Waals surface area contributed by atoms with Crippen LogP contribution in [0.2, 0.25) is 5.02 Å². The lowest BCUT2D eigenvalue weighted by molar-refractivity contribution is 0.0710. The maximum atomic E-state index is 12.4. The first kappa shape index (κ1) is 15.1. The highest BCUT2D eigenvalue weighted by Crippen LogP contribution is 2.29. The lowest BCUT2D eigenvalue weighted by Gasteiger charge is -2.40. The third-order valence-electron chi connectivity index (χ3n) is 4.14. The Balaban J connectivity index is 1.54. The van der Waals surface area contributed by atoms with E-state index in [1.54, 1.807) is 16.4 Å². The van der Waals surface area contributed by atoms with E-state index in [2.05, 4.69) is 4.98 Å². The summed E-state index contributed by atoms with van der Waals surface area (Å²) in [4.78, 5) is 4.06. The highest BCUT2D eigenvalue weighted by molar-refractivity contribution is 7.89. The molecule has 0 aromatic carbocycles. The van der Waals surface area contributed by atoms with E-state index in [4.69, 9.17) is 16.3 Å². The second-order valence-electron chi connectivity index (χ2n) is 5.68. The first-order valence-electron chi connectivity index (χ1n) is 7.33. The van der Waals surface area contributed by atoms with Crippen LogP contribution in [0, 0.1) is 0 Å². The van der Waals surface area contributed by atoms with Crippen LogP contribution in [-0.4, -0.2) is 42.2 Å². The van der Waals surface area contributed by atoms with Crippen LogP contribution in [0.4, 0.5) is 0 Å². The van der Waals surface area contributed by atoms with Crippen LogP contribution in [0.15, 0.2) is 18.3 Å². The van der Waals surface area contributed by atoms with Gasteiger partial charge in [-0.15, -0.1) is 0 Å². The van der Waals surface area contributed by atoms with Gasteiger partial charge in [0.2, 0.25) is 15.9 Å². The number of rotatable bonds is 4. The molecule has 21 heavy (non-hydrogen) atoms. The van der Waals surface area contributed by atoms with Crippen molar-refractivity contribution in [1.82, 2.24) is 9.29 Å². The van der Waals surface area contributed by atoms with E-state index in [1.165, 1.54) is 6.20 Å². The van der Waals surface area contributed by atoms with Gasteiger partial charge in [0.1, 0.15) is 6.10 Å². The van der Waals surface area contributed by atoms with E-state index in [0.29, 0.717) is 24.0 Å². The molecule has 0 unspecified atom stereocenters. The van der Waals surface area contributed by atoms with Gasteiger partial charge in [0.25, 0.3) is 0 Å². The molecule has 7 heteroatoms. The topological polar surface area (TPSA) is 59.5 Å². The maximum Gasteiger partial charge on any atom is 0.217 e. The van der Waals surface area contributed by atoms with E-state index in [0.717, 1.165) is 32.1 Å². The number of aromatic nitrogens is 1. The zero-order chi connectivity index (χ0) is 14.9. The molecule has 0 atom stereocenters. The van der Waals surface area contributed by atoms with Crippen LogP contribution < -0.4 is 4.74 Å². The van der Waals surface area contributed by atoms with Crippen LogP contribution in [0.25, 0.3) is 0 Å². The van der Waals surface area contributed by atoms with Crippen LogP contribution in [0.1, 0.15) is 32.1 Å². The average Bonchev–Trinajstić information content (AvgIpc) is 2.45. The Hall–Kier alpha value is -0.850. The Bertz CT molecular complexity index is 579. The Morgan fingerprint density at radius 3 is 2.52 bits per heavy atom. The molecule has 116 valence electrons. The van der Waals surface area contributed by atoms with E-state index < -0.39 is 10.0 Å². The Morgan fingerprint density at radius 1 is 1.19 bits per heavy atom. The Labute approximate surface area is 130 Å². The van der Waals surface area contributed by atoms with Crippen molar-refractivity contribution in [3.05, 3.63) is 23.4 Å². The molecule has 1 aromatic heterocycles. The third-order valence-corrected chi connectivity index (χ3v) is 6.69. The monoisotopic (exact) mass is 330 g/mol. The van der Waals surface area contributed by atoms with Crippen molar-refractivity contribution < 1.29 is 13.2 Å². The maximum absolute atomic E-state index is 12.4. The van der Waals surface area contributed by atoms with E-state index in [1.807, 2.05) is 0 Å². The summed E-state index contributed by atoms with van der Waals surface area (Å²) in [6, 6.07) is 3.40. The molecule has 0 radical (unpaired) electrons. The fourth-order valence-electron chi connectivity index (χ4n) is 2.86. The van der Waals surface area contributed by atoms with Crippen molar-refractivity contribution in [1.29, 1.82) is 0 Å². The van der Waals surface area contributed by atoms with Crippen LogP contribution in [0.3, 0.4) is 0 Å². The van der Waals surface area contributed by atoms with Crippen molar-refractivity contribution in [3.63, 3.8) is 0 Å². The summed E-state index contributed by atoms with van der Waals surface area (Å²) in [6.45, 7) is 0.840. The minimum atomic E-state index is -3.15. The van der Waals surface area contributed by atoms with Gasteiger partial charge in [-0.25, -0.2) is 13.4 Å². The number of ether oxygens (including phenoxy) is 1. The van der Waals surface area contributed by atoms with Crippen LogP contribution >= 0.6 is 11.6 Å². The molecule has 2 aliphatic rings. The summed E-state index contributed by atoms with van der Waals surface area (Å²) in [7, 11) is -3.15. The van der Waals surface area contributed by atoms with E-state index in [-0.39, 0.29) is 11.4 Å². The molecule has 3 rings (SSSR count). The van der Waals surface area contributed by atoms with Gasteiger partial charge in [-0.1, -0.05) is 30.9 Å². The number of pyridine rings is 1. The largest absolute Gasteiger partial charge is 0.472 e. The normalized spacial score (nSPS) is 22.0. The van der Waals surface area contributed by atoms with Crippen molar-refractivity contribution in [2.75, 3.05) is 13.1 Å².